The first-order valence-corrected chi connectivity index (χ1v) is 11.7. The van der Waals surface area contributed by atoms with Crippen LogP contribution in [0.3, 0.4) is 0 Å². The Labute approximate surface area is 197 Å². The van der Waals surface area contributed by atoms with Crippen molar-refractivity contribution in [2.75, 3.05) is 24.2 Å². The third-order valence-corrected chi connectivity index (χ3v) is 6.40. The summed E-state index contributed by atoms with van der Waals surface area (Å²) >= 11 is 6.13. The second kappa shape index (κ2) is 11.0. The number of aromatic nitrogens is 2. The minimum atomic E-state index is -0.676. The van der Waals surface area contributed by atoms with Gasteiger partial charge in [0.05, 0.1) is 6.54 Å². The van der Waals surface area contributed by atoms with Gasteiger partial charge >= 0.3 is 5.69 Å². The number of unbranched alkanes of at least 4 members (excludes halogenated alkanes) is 1. The number of hydrogen-bond donors (Lipinski definition) is 2. The van der Waals surface area contributed by atoms with Crippen LogP contribution in [0.5, 0.6) is 0 Å². The number of hydrogen-bond acceptors (Lipinski definition) is 5. The Hall–Kier alpha value is -2.65. The summed E-state index contributed by atoms with van der Waals surface area (Å²) in [7, 11) is 1.68. The number of amides is 1. The molecular formula is C23H31ClFN5O3. The van der Waals surface area contributed by atoms with E-state index in [2.05, 4.69) is 4.98 Å². The summed E-state index contributed by atoms with van der Waals surface area (Å²) in [6, 6.07) is 4.25. The molecule has 1 aromatic heterocycles. The SMILES string of the molecule is CCCCn1c(N)c(N(C(=O)CN(C)Cc2c(F)cccc2Cl)C2CCCC2)c(=O)[nH]c1=O. The summed E-state index contributed by atoms with van der Waals surface area (Å²) in [6.45, 7) is 2.38. The van der Waals surface area contributed by atoms with E-state index in [-0.39, 0.29) is 41.6 Å². The highest BCUT2D eigenvalue weighted by Gasteiger charge is 2.33. The lowest BCUT2D eigenvalue weighted by molar-refractivity contribution is -0.120. The van der Waals surface area contributed by atoms with Crippen molar-refractivity contribution in [3.63, 3.8) is 0 Å². The summed E-state index contributed by atoms with van der Waals surface area (Å²) in [5.41, 5.74) is 5.35. The normalized spacial score (nSPS) is 14.2. The second-order valence-electron chi connectivity index (χ2n) is 8.57. The molecule has 1 amide bonds. The van der Waals surface area contributed by atoms with Crippen LogP contribution in [0.2, 0.25) is 5.02 Å². The number of nitrogens with zero attached hydrogens (tertiary/aromatic N) is 3. The summed E-state index contributed by atoms with van der Waals surface area (Å²) in [5, 5.41) is 0.283. The van der Waals surface area contributed by atoms with Gasteiger partial charge in [-0.2, -0.15) is 0 Å². The lowest BCUT2D eigenvalue weighted by atomic mass is 10.1. The molecule has 0 bridgehead atoms. The molecule has 0 atom stereocenters. The molecule has 1 aliphatic carbocycles. The number of benzene rings is 1. The van der Waals surface area contributed by atoms with Crippen LogP contribution >= 0.6 is 11.6 Å². The predicted molar refractivity (Wildman–Crippen MR) is 128 cm³/mol. The minimum Gasteiger partial charge on any atom is -0.383 e. The number of halogens is 2. The zero-order chi connectivity index (χ0) is 24.1. The van der Waals surface area contributed by atoms with Gasteiger partial charge in [-0.3, -0.25) is 24.0 Å². The molecule has 8 nitrogen and oxygen atoms in total. The lowest BCUT2D eigenvalue weighted by Crippen LogP contribution is -2.48. The molecule has 1 saturated carbocycles. The predicted octanol–water partition coefficient (Wildman–Crippen LogP) is 3.12. The largest absolute Gasteiger partial charge is 0.383 e. The maximum atomic E-state index is 14.2. The van der Waals surface area contributed by atoms with Crippen molar-refractivity contribution in [2.24, 2.45) is 0 Å². The van der Waals surface area contributed by atoms with Gasteiger partial charge in [0.1, 0.15) is 11.6 Å². The van der Waals surface area contributed by atoms with Crippen molar-refractivity contribution < 1.29 is 9.18 Å². The van der Waals surface area contributed by atoms with Crippen LogP contribution in [0.15, 0.2) is 27.8 Å². The zero-order valence-corrected chi connectivity index (χ0v) is 19.8. The van der Waals surface area contributed by atoms with Gasteiger partial charge in [-0.25, -0.2) is 9.18 Å². The van der Waals surface area contributed by atoms with E-state index in [9.17, 15) is 18.8 Å². The van der Waals surface area contributed by atoms with E-state index in [1.807, 2.05) is 6.92 Å². The highest BCUT2D eigenvalue weighted by molar-refractivity contribution is 6.31. The number of nitrogen functional groups attached to an aromatic ring is 1. The summed E-state index contributed by atoms with van der Waals surface area (Å²) < 4.78 is 15.5. The number of carbonyl (C=O) groups excluding carboxylic acids is 1. The van der Waals surface area contributed by atoms with Crippen molar-refractivity contribution in [1.82, 2.24) is 14.5 Å². The lowest BCUT2D eigenvalue weighted by Gasteiger charge is -2.31. The monoisotopic (exact) mass is 479 g/mol. The average molecular weight is 480 g/mol. The standard InChI is InChI=1S/C23H31ClFN5O3/c1-3-4-12-29-21(26)20(22(32)27-23(29)33)30(15-8-5-6-9-15)19(31)14-28(2)13-16-17(24)10-7-11-18(16)25/h7,10-11,15H,3-6,8-9,12-14,26H2,1-2H3,(H,27,32,33). The van der Waals surface area contributed by atoms with Gasteiger partial charge in [-0.15, -0.1) is 0 Å². The van der Waals surface area contributed by atoms with Gasteiger partial charge in [0.2, 0.25) is 5.91 Å². The number of likely N-dealkylation sites (N-methyl/N-ethyl adjacent to an activating group) is 1. The fourth-order valence-corrected chi connectivity index (χ4v) is 4.56. The maximum absolute atomic E-state index is 14.2. The van der Waals surface area contributed by atoms with Crippen LogP contribution in [0, 0.1) is 5.82 Å². The van der Waals surface area contributed by atoms with E-state index in [1.54, 1.807) is 18.0 Å². The van der Waals surface area contributed by atoms with E-state index in [0.717, 1.165) is 32.1 Å². The molecular weight excluding hydrogens is 449 g/mol. The first kappa shape index (κ1) is 25.0. The van der Waals surface area contributed by atoms with Crippen molar-refractivity contribution in [2.45, 2.75) is 64.6 Å². The fourth-order valence-electron chi connectivity index (χ4n) is 4.34. The third kappa shape index (κ3) is 5.65. The number of aromatic amines is 1. The Morgan fingerprint density at radius 3 is 2.64 bits per heavy atom. The topological polar surface area (TPSA) is 104 Å². The molecule has 1 aliphatic rings. The van der Waals surface area contributed by atoms with Crippen molar-refractivity contribution in [1.29, 1.82) is 0 Å². The number of carbonyl (C=O) groups is 1. The summed E-state index contributed by atoms with van der Waals surface area (Å²) in [4.78, 5) is 44.1. The molecule has 2 aromatic rings. The van der Waals surface area contributed by atoms with Crippen LogP contribution in [0.4, 0.5) is 15.9 Å². The molecule has 0 radical (unpaired) electrons. The Kier molecular flexibility index (Phi) is 8.31. The van der Waals surface area contributed by atoms with Crippen LogP contribution in [0.1, 0.15) is 51.0 Å². The van der Waals surface area contributed by atoms with E-state index < -0.39 is 17.1 Å². The molecule has 0 saturated heterocycles. The summed E-state index contributed by atoms with van der Waals surface area (Å²) in [6.07, 6.45) is 4.89. The van der Waals surface area contributed by atoms with E-state index in [0.29, 0.717) is 18.5 Å². The molecule has 0 unspecified atom stereocenters. The second-order valence-corrected chi connectivity index (χ2v) is 8.98. The van der Waals surface area contributed by atoms with Gasteiger partial charge in [-0.1, -0.05) is 43.9 Å². The number of rotatable bonds is 9. The van der Waals surface area contributed by atoms with E-state index in [4.69, 9.17) is 17.3 Å². The highest BCUT2D eigenvalue weighted by Crippen LogP contribution is 2.30. The first-order valence-electron chi connectivity index (χ1n) is 11.3. The highest BCUT2D eigenvalue weighted by atomic mass is 35.5. The number of H-pyrrole nitrogens is 1. The van der Waals surface area contributed by atoms with E-state index in [1.165, 1.54) is 21.6 Å². The third-order valence-electron chi connectivity index (χ3n) is 6.04. The molecule has 1 heterocycles. The van der Waals surface area contributed by atoms with Gasteiger partial charge < -0.3 is 10.6 Å². The van der Waals surface area contributed by atoms with Crippen molar-refractivity contribution in [3.05, 3.63) is 55.4 Å². The van der Waals surface area contributed by atoms with Crippen LogP contribution in [-0.4, -0.2) is 40.0 Å². The molecule has 1 aromatic carbocycles. The molecule has 0 spiro atoms. The minimum absolute atomic E-state index is 0.00255. The van der Waals surface area contributed by atoms with Crippen LogP contribution < -0.4 is 21.9 Å². The smallest absolute Gasteiger partial charge is 0.330 e. The molecule has 0 aliphatic heterocycles. The van der Waals surface area contributed by atoms with Gasteiger partial charge in [0.15, 0.2) is 5.69 Å². The molecule has 180 valence electrons. The average Bonchev–Trinajstić information content (AvgIpc) is 3.27. The number of nitrogens with one attached hydrogen (secondary N) is 1. The molecule has 33 heavy (non-hydrogen) atoms. The van der Waals surface area contributed by atoms with Gasteiger partial charge in [-0.05, 0) is 38.4 Å². The molecule has 3 N–H and O–H groups in total. The molecule has 3 rings (SSSR count). The Bertz CT molecular complexity index is 1090. The molecule has 10 heteroatoms. The van der Waals surface area contributed by atoms with Gasteiger partial charge in [0.25, 0.3) is 5.56 Å². The zero-order valence-electron chi connectivity index (χ0n) is 19.1. The Balaban J connectivity index is 1.93. The Morgan fingerprint density at radius 1 is 1.30 bits per heavy atom. The quantitative estimate of drug-likeness (QED) is 0.575. The van der Waals surface area contributed by atoms with Crippen molar-refractivity contribution >= 4 is 29.0 Å². The fraction of sp³-hybridized carbons (Fsp3) is 0.522. The Morgan fingerprint density at radius 2 is 2.00 bits per heavy atom. The number of anilines is 2. The van der Waals surface area contributed by atoms with Gasteiger partial charge in [0, 0.05) is 29.7 Å². The van der Waals surface area contributed by atoms with E-state index >= 15 is 0 Å². The van der Waals surface area contributed by atoms with Crippen LogP contribution in [0.25, 0.3) is 0 Å². The number of nitrogens with two attached hydrogens (primary N) is 1. The first-order chi connectivity index (χ1) is 15.7. The molecule has 1 fully saturated rings. The van der Waals surface area contributed by atoms with Crippen LogP contribution in [-0.2, 0) is 17.9 Å². The van der Waals surface area contributed by atoms with Crippen molar-refractivity contribution in [3.8, 4) is 0 Å². The summed E-state index contributed by atoms with van der Waals surface area (Å²) in [5.74, 6) is -0.787. The maximum Gasteiger partial charge on any atom is 0.330 e.